The molecule has 0 aliphatic carbocycles. The van der Waals surface area contributed by atoms with Gasteiger partial charge in [-0.1, -0.05) is 57.2 Å². The molecule has 4 amide bonds. The van der Waals surface area contributed by atoms with Crippen molar-refractivity contribution < 1.29 is 57.5 Å². The van der Waals surface area contributed by atoms with E-state index in [2.05, 4.69) is 40.7 Å². The van der Waals surface area contributed by atoms with Gasteiger partial charge in [0.05, 0.1) is 89.6 Å². The molecule has 2 aliphatic heterocycles. The molecule has 0 saturated carbocycles. The molecule has 73 heavy (non-hydrogen) atoms. The van der Waals surface area contributed by atoms with Gasteiger partial charge in [0.2, 0.25) is 11.8 Å². The Morgan fingerprint density at radius 2 is 1.44 bits per heavy atom. The number of nitrogens with zero attached hydrogens (tertiary/aromatic N) is 3. The Morgan fingerprint density at radius 1 is 0.822 bits per heavy atom. The highest BCUT2D eigenvalue weighted by molar-refractivity contribution is 8.18. The number of thioether (sulfide) groups is 1. The fourth-order valence-electron chi connectivity index (χ4n) is 8.16. The van der Waals surface area contributed by atoms with Gasteiger partial charge in [-0.2, -0.15) is 0 Å². The van der Waals surface area contributed by atoms with Crippen LogP contribution in [0.25, 0.3) is 21.4 Å². The highest BCUT2D eigenvalue weighted by Gasteiger charge is 2.44. The van der Waals surface area contributed by atoms with Crippen LogP contribution in [0.15, 0.2) is 77.0 Å². The fraction of sp³-hybridized carbons (Fsp3) is 0.455. The summed E-state index contributed by atoms with van der Waals surface area (Å²) < 4.78 is 33.8. The number of aliphatic hydroxyl groups excluding tert-OH is 1. The van der Waals surface area contributed by atoms with Gasteiger partial charge in [-0.3, -0.25) is 28.9 Å². The first-order chi connectivity index (χ1) is 35.0. The number of Topliss-reactive ketones (excluding diaryl/α,β-unsaturated/α-hetero) is 1. The minimum atomic E-state index is -0.949. The van der Waals surface area contributed by atoms with Crippen molar-refractivity contribution >= 4 is 63.6 Å². The van der Waals surface area contributed by atoms with E-state index in [1.807, 2.05) is 65.0 Å². The lowest BCUT2D eigenvalue weighted by Gasteiger charge is -2.35. The van der Waals surface area contributed by atoms with Crippen LogP contribution in [0.5, 0.6) is 11.5 Å². The second-order valence-electron chi connectivity index (χ2n) is 18.9. The number of carbonyl (C=O) groups excluding carboxylic acids is 5. The van der Waals surface area contributed by atoms with Gasteiger partial charge >= 0.3 is 0 Å². The Kier molecular flexibility index (Phi) is 21.3. The number of rotatable bonds is 27. The van der Waals surface area contributed by atoms with Gasteiger partial charge in [0.25, 0.3) is 11.1 Å². The third-order valence-electron chi connectivity index (χ3n) is 12.1. The maximum absolute atomic E-state index is 14.0. The quantitative estimate of drug-likeness (QED) is 0.0330. The van der Waals surface area contributed by atoms with Crippen molar-refractivity contribution in [1.82, 2.24) is 15.1 Å². The molecule has 0 radical (unpaired) electrons. The molecular formula is C55H66N4O12S2. The standard InChI is InChI=1S/C55H66N4O12S2/c1-36-18-29-72-50(36)41-12-8-39(9-13-41)10-15-45(61)44-33-43(60)34-59(44)53(64)51(55(4,5)6)57-49(62)35-70-28-27-69-26-25-68-24-23-67-22-21-66-20-19-58-52(63)48(73-54(58)65)32-40-11-16-46(37(2)30-40)71-47-17-14-42(56-7)31-38(47)3/h8-9,11-14,16-18,29-32,43-44,51,60H,10,15,19-28,33-35H2,1-6H3,(H,57,62)/b48-32-/t43-,44+,51-/m1/s1. The van der Waals surface area contributed by atoms with Gasteiger partial charge in [-0.05, 0) is 120 Å². The molecule has 3 heterocycles. The first-order valence-corrected chi connectivity index (χ1v) is 26.1. The third kappa shape index (κ3) is 16.6. The van der Waals surface area contributed by atoms with Gasteiger partial charge in [0.1, 0.15) is 24.1 Å². The van der Waals surface area contributed by atoms with E-state index in [0.717, 1.165) is 39.6 Å². The number of likely N-dealkylation sites (tertiary alicyclic amines) is 1. The van der Waals surface area contributed by atoms with Crippen molar-refractivity contribution in [3.05, 3.63) is 116 Å². The predicted molar refractivity (Wildman–Crippen MR) is 281 cm³/mol. The Bertz CT molecular complexity index is 2620. The summed E-state index contributed by atoms with van der Waals surface area (Å²) in [4.78, 5) is 73.7. The van der Waals surface area contributed by atoms with E-state index < -0.39 is 35.4 Å². The number of hydrogen-bond acceptors (Lipinski definition) is 14. The minimum Gasteiger partial charge on any atom is -0.457 e. The molecule has 6 rings (SSSR count). The Labute approximate surface area is 436 Å². The number of aliphatic hydroxyl groups is 1. The van der Waals surface area contributed by atoms with Crippen molar-refractivity contribution in [2.75, 3.05) is 79.2 Å². The van der Waals surface area contributed by atoms with Gasteiger partial charge in [-0.25, -0.2) is 4.85 Å². The zero-order valence-corrected chi connectivity index (χ0v) is 44.1. The largest absolute Gasteiger partial charge is 0.457 e. The van der Waals surface area contributed by atoms with Crippen molar-refractivity contribution in [2.24, 2.45) is 5.41 Å². The lowest BCUT2D eigenvalue weighted by molar-refractivity contribution is -0.144. The molecule has 2 saturated heterocycles. The smallest absolute Gasteiger partial charge is 0.293 e. The molecule has 1 aromatic heterocycles. The normalized spacial score (nSPS) is 16.8. The minimum absolute atomic E-state index is 0.0160. The number of carbonyl (C=O) groups is 5. The zero-order valence-electron chi connectivity index (χ0n) is 42.4. The van der Waals surface area contributed by atoms with Crippen molar-refractivity contribution in [1.29, 1.82) is 0 Å². The topological polar surface area (TPSA) is 184 Å². The van der Waals surface area contributed by atoms with Crippen molar-refractivity contribution in [3.8, 4) is 21.9 Å². The summed E-state index contributed by atoms with van der Waals surface area (Å²) in [6.45, 7) is 20.8. The molecule has 2 aliphatic rings. The molecule has 0 bridgehead atoms. The van der Waals surface area contributed by atoms with Crippen LogP contribution in [-0.2, 0) is 49.3 Å². The van der Waals surface area contributed by atoms with Gasteiger partial charge in [-0.15, -0.1) is 11.3 Å². The Morgan fingerprint density at radius 3 is 2.03 bits per heavy atom. The number of hydrogen-bond donors (Lipinski definition) is 2. The fourth-order valence-corrected chi connectivity index (χ4v) is 9.96. The highest BCUT2D eigenvalue weighted by Crippen LogP contribution is 2.35. The first kappa shape index (κ1) is 56.5. The number of ether oxygens (including phenoxy) is 6. The van der Waals surface area contributed by atoms with Crippen LogP contribution in [0, 0.1) is 32.8 Å². The predicted octanol–water partition coefficient (Wildman–Crippen LogP) is 8.50. The number of imide groups is 1. The third-order valence-corrected chi connectivity index (χ3v) is 14.1. The lowest BCUT2D eigenvalue weighted by Crippen LogP contribution is -2.57. The SMILES string of the molecule is [C-]#[N+]c1ccc(Oc2ccc(/C=C3\SC(=O)N(CCOCCOCCOCCOCCOCC(=O)N[C@H](C(=O)N4C[C@H](O)C[C@H]4C(=O)CCc4ccc(-c5sccc5C)cc4)C(C)(C)C)C3=O)cc2C)c(C)c1. The molecule has 390 valence electrons. The molecule has 2 fully saturated rings. The van der Waals surface area contributed by atoms with Gasteiger partial charge < -0.3 is 43.7 Å². The van der Waals surface area contributed by atoms with Crippen LogP contribution < -0.4 is 10.1 Å². The van der Waals surface area contributed by atoms with Crippen LogP contribution >= 0.6 is 23.1 Å². The molecule has 16 nitrogen and oxygen atoms in total. The average Bonchev–Trinajstić information content (AvgIpc) is 4.05. The number of ketones is 1. The van der Waals surface area contributed by atoms with E-state index in [9.17, 15) is 29.1 Å². The van der Waals surface area contributed by atoms with Gasteiger partial charge in [0.15, 0.2) is 11.5 Å². The number of aryl methyl sites for hydroxylation is 4. The molecule has 18 heteroatoms. The van der Waals surface area contributed by atoms with E-state index in [4.69, 9.17) is 35.0 Å². The van der Waals surface area contributed by atoms with E-state index in [-0.39, 0.29) is 75.9 Å². The molecule has 0 spiro atoms. The number of β-amino-alcohol motifs (C(OH)–C–C–N with tert-alkyl or cyclic N) is 1. The van der Waals surface area contributed by atoms with Crippen LogP contribution in [0.4, 0.5) is 10.5 Å². The molecule has 3 aromatic carbocycles. The summed E-state index contributed by atoms with van der Waals surface area (Å²) in [5.41, 5.74) is 5.67. The average molecular weight is 1040 g/mol. The number of amides is 4. The maximum atomic E-state index is 14.0. The highest BCUT2D eigenvalue weighted by atomic mass is 32.2. The number of benzene rings is 3. The van der Waals surface area contributed by atoms with Crippen LogP contribution in [0.2, 0.25) is 0 Å². The second-order valence-corrected chi connectivity index (χ2v) is 20.8. The molecule has 2 N–H and O–H groups in total. The van der Waals surface area contributed by atoms with Crippen molar-refractivity contribution in [3.63, 3.8) is 0 Å². The number of nitrogens with one attached hydrogen (secondary N) is 1. The summed E-state index contributed by atoms with van der Waals surface area (Å²) >= 11 is 2.58. The molecular weight excluding hydrogens is 973 g/mol. The van der Waals surface area contributed by atoms with E-state index in [1.165, 1.54) is 20.2 Å². The summed E-state index contributed by atoms with van der Waals surface area (Å²) in [6, 6.07) is 19.3. The summed E-state index contributed by atoms with van der Waals surface area (Å²) in [7, 11) is 0. The van der Waals surface area contributed by atoms with Crippen molar-refractivity contribution in [2.45, 2.75) is 79.0 Å². The van der Waals surface area contributed by atoms with Crippen LogP contribution in [0.1, 0.15) is 61.4 Å². The van der Waals surface area contributed by atoms with Crippen LogP contribution in [0.3, 0.4) is 0 Å². The summed E-state index contributed by atoms with van der Waals surface area (Å²) in [5, 5.41) is 15.1. The lowest BCUT2D eigenvalue weighted by atomic mass is 9.85. The molecule has 4 aromatic rings. The van der Waals surface area contributed by atoms with E-state index in [1.54, 1.807) is 35.6 Å². The molecule has 3 atom stereocenters. The van der Waals surface area contributed by atoms with Crippen LogP contribution in [-0.4, -0.2) is 141 Å². The zero-order chi connectivity index (χ0) is 52.5. The van der Waals surface area contributed by atoms with Gasteiger partial charge in [0, 0.05) is 24.3 Å². The Balaban J connectivity index is 0.781. The monoisotopic (exact) mass is 1040 g/mol. The van der Waals surface area contributed by atoms with E-state index >= 15 is 0 Å². The number of thiophene rings is 1. The maximum Gasteiger partial charge on any atom is 0.293 e. The second kappa shape index (κ2) is 27.5. The summed E-state index contributed by atoms with van der Waals surface area (Å²) in [5.74, 6) is -0.0988. The Hall–Kier alpha value is -5.75. The van der Waals surface area contributed by atoms with E-state index in [0.29, 0.717) is 61.5 Å². The summed E-state index contributed by atoms with van der Waals surface area (Å²) in [6.07, 6.45) is 1.74. The molecule has 0 unspecified atom stereocenters. The first-order valence-electron chi connectivity index (χ1n) is 24.4.